The third-order valence-electron chi connectivity index (χ3n) is 2.50. The summed E-state index contributed by atoms with van der Waals surface area (Å²) in [6.45, 7) is 4.80. The zero-order valence-corrected chi connectivity index (χ0v) is 9.57. The van der Waals surface area contributed by atoms with E-state index in [1.807, 2.05) is 19.1 Å². The zero-order valence-electron chi connectivity index (χ0n) is 9.57. The number of aromatic nitrogens is 2. The maximum absolute atomic E-state index is 4.30. The van der Waals surface area contributed by atoms with E-state index < -0.39 is 0 Å². The molecule has 0 radical (unpaired) electrons. The molecule has 1 heterocycles. The molecule has 2 rings (SSSR count). The Morgan fingerprint density at radius 3 is 2.69 bits per heavy atom. The molecule has 1 aromatic heterocycles. The summed E-state index contributed by atoms with van der Waals surface area (Å²) < 4.78 is 0. The molecular weight excluding hydrogens is 198 g/mol. The summed E-state index contributed by atoms with van der Waals surface area (Å²) in [7, 11) is 0. The van der Waals surface area contributed by atoms with Gasteiger partial charge in [-0.05, 0) is 31.0 Å². The van der Waals surface area contributed by atoms with Crippen molar-refractivity contribution >= 4 is 5.82 Å². The molecule has 0 amide bonds. The van der Waals surface area contributed by atoms with Crippen LogP contribution in [0.4, 0.5) is 5.82 Å². The first-order valence-electron chi connectivity index (χ1n) is 5.34. The molecule has 0 aliphatic carbocycles. The van der Waals surface area contributed by atoms with Gasteiger partial charge in [-0.3, -0.25) is 0 Å². The monoisotopic (exact) mass is 213 g/mol. The van der Waals surface area contributed by atoms with Gasteiger partial charge in [-0.15, -0.1) is 0 Å². The predicted octanol–water partition coefficient (Wildman–Crippen LogP) is 2.71. The average Bonchev–Trinajstić information content (AvgIpc) is 2.28. The summed E-state index contributed by atoms with van der Waals surface area (Å²) >= 11 is 0. The van der Waals surface area contributed by atoms with Crippen LogP contribution < -0.4 is 5.32 Å². The highest BCUT2D eigenvalue weighted by Gasteiger charge is 1.98. The molecule has 1 aromatic carbocycles. The lowest BCUT2D eigenvalue weighted by atomic mass is 10.1. The first-order valence-corrected chi connectivity index (χ1v) is 5.34. The zero-order chi connectivity index (χ0) is 11.4. The van der Waals surface area contributed by atoms with E-state index in [4.69, 9.17) is 0 Å². The highest BCUT2D eigenvalue weighted by molar-refractivity contribution is 5.36. The fourth-order valence-electron chi connectivity index (χ4n) is 1.55. The van der Waals surface area contributed by atoms with Crippen LogP contribution in [0.15, 0.2) is 36.5 Å². The number of rotatable bonds is 3. The molecule has 0 bridgehead atoms. The Labute approximate surface area is 95.6 Å². The number of benzene rings is 1. The number of nitrogens with zero attached hydrogens (tertiary/aromatic N) is 2. The third kappa shape index (κ3) is 2.57. The molecule has 0 saturated carbocycles. The van der Waals surface area contributed by atoms with E-state index in [1.165, 1.54) is 11.1 Å². The Kier molecular flexibility index (Phi) is 3.15. The molecule has 0 saturated heterocycles. The van der Waals surface area contributed by atoms with Crippen molar-refractivity contribution in [3.8, 4) is 0 Å². The fraction of sp³-hybridized carbons (Fsp3) is 0.231. The van der Waals surface area contributed by atoms with Gasteiger partial charge in [-0.1, -0.05) is 24.3 Å². The van der Waals surface area contributed by atoms with Gasteiger partial charge in [0.05, 0.1) is 0 Å². The third-order valence-corrected chi connectivity index (χ3v) is 2.50. The maximum Gasteiger partial charge on any atom is 0.129 e. The minimum absolute atomic E-state index is 0.787. The second-order valence-electron chi connectivity index (χ2n) is 3.77. The number of aryl methyl sites for hydroxylation is 2. The Balaban J connectivity index is 2.05. The highest BCUT2D eigenvalue weighted by Crippen LogP contribution is 2.09. The number of hydrogen-bond donors (Lipinski definition) is 1. The quantitative estimate of drug-likeness (QED) is 0.851. The SMILES string of the molecule is Cc1nccc(NCc2ccccc2C)n1. The van der Waals surface area contributed by atoms with Crippen LogP contribution in [0.3, 0.4) is 0 Å². The fourth-order valence-corrected chi connectivity index (χ4v) is 1.55. The first-order chi connectivity index (χ1) is 7.75. The Bertz CT molecular complexity index is 480. The molecule has 2 aromatic rings. The van der Waals surface area contributed by atoms with Crippen LogP contribution in [0, 0.1) is 13.8 Å². The van der Waals surface area contributed by atoms with Gasteiger partial charge in [0, 0.05) is 12.7 Å². The van der Waals surface area contributed by atoms with Crippen LogP contribution in [-0.4, -0.2) is 9.97 Å². The second-order valence-corrected chi connectivity index (χ2v) is 3.77. The summed E-state index contributed by atoms with van der Waals surface area (Å²) in [5.41, 5.74) is 2.58. The van der Waals surface area contributed by atoms with Gasteiger partial charge in [0.1, 0.15) is 11.6 Å². The summed E-state index contributed by atoms with van der Waals surface area (Å²) in [5, 5.41) is 3.29. The summed E-state index contributed by atoms with van der Waals surface area (Å²) in [6, 6.07) is 10.2. The molecule has 16 heavy (non-hydrogen) atoms. The van der Waals surface area contributed by atoms with Crippen molar-refractivity contribution in [3.05, 3.63) is 53.5 Å². The Hall–Kier alpha value is -1.90. The lowest BCUT2D eigenvalue weighted by Crippen LogP contribution is -2.03. The number of nitrogens with one attached hydrogen (secondary N) is 1. The second kappa shape index (κ2) is 4.75. The van der Waals surface area contributed by atoms with E-state index in [2.05, 4.69) is 40.4 Å². The molecule has 0 aliphatic rings. The van der Waals surface area contributed by atoms with Crippen molar-refractivity contribution < 1.29 is 0 Å². The van der Waals surface area contributed by atoms with E-state index in [-0.39, 0.29) is 0 Å². The van der Waals surface area contributed by atoms with Crippen molar-refractivity contribution in [3.63, 3.8) is 0 Å². The Morgan fingerprint density at radius 2 is 1.94 bits per heavy atom. The molecule has 82 valence electrons. The van der Waals surface area contributed by atoms with Crippen LogP contribution in [0.25, 0.3) is 0 Å². The van der Waals surface area contributed by atoms with Crippen molar-refractivity contribution in [2.45, 2.75) is 20.4 Å². The van der Waals surface area contributed by atoms with Crippen molar-refractivity contribution in [1.29, 1.82) is 0 Å². The smallest absolute Gasteiger partial charge is 0.129 e. The van der Waals surface area contributed by atoms with E-state index in [0.717, 1.165) is 18.2 Å². The van der Waals surface area contributed by atoms with Gasteiger partial charge in [-0.25, -0.2) is 9.97 Å². The van der Waals surface area contributed by atoms with Gasteiger partial charge < -0.3 is 5.32 Å². The van der Waals surface area contributed by atoms with Gasteiger partial charge in [0.15, 0.2) is 0 Å². The molecule has 3 heteroatoms. The normalized spacial score (nSPS) is 10.1. The standard InChI is InChI=1S/C13H15N3/c1-10-5-3-4-6-12(10)9-15-13-7-8-14-11(2)16-13/h3-8H,9H2,1-2H3,(H,14,15,16). The van der Waals surface area contributed by atoms with E-state index >= 15 is 0 Å². The molecule has 0 aliphatic heterocycles. The Morgan fingerprint density at radius 1 is 1.12 bits per heavy atom. The van der Waals surface area contributed by atoms with Crippen molar-refractivity contribution in [1.82, 2.24) is 9.97 Å². The molecule has 0 unspecified atom stereocenters. The van der Waals surface area contributed by atoms with E-state index in [9.17, 15) is 0 Å². The maximum atomic E-state index is 4.30. The number of anilines is 1. The number of hydrogen-bond acceptors (Lipinski definition) is 3. The van der Waals surface area contributed by atoms with Gasteiger partial charge >= 0.3 is 0 Å². The largest absolute Gasteiger partial charge is 0.366 e. The molecule has 3 nitrogen and oxygen atoms in total. The first kappa shape index (κ1) is 10.6. The minimum atomic E-state index is 0.787. The van der Waals surface area contributed by atoms with E-state index in [1.54, 1.807) is 6.20 Å². The molecular formula is C13H15N3. The van der Waals surface area contributed by atoms with Gasteiger partial charge in [0.25, 0.3) is 0 Å². The van der Waals surface area contributed by atoms with Crippen molar-refractivity contribution in [2.75, 3.05) is 5.32 Å². The average molecular weight is 213 g/mol. The molecule has 0 fully saturated rings. The lowest BCUT2D eigenvalue weighted by molar-refractivity contribution is 1.02. The summed E-state index contributed by atoms with van der Waals surface area (Å²) in [6.07, 6.45) is 1.77. The van der Waals surface area contributed by atoms with Crippen LogP contribution in [0.1, 0.15) is 17.0 Å². The molecule has 0 spiro atoms. The van der Waals surface area contributed by atoms with Crippen LogP contribution in [-0.2, 0) is 6.54 Å². The lowest BCUT2D eigenvalue weighted by Gasteiger charge is -2.08. The van der Waals surface area contributed by atoms with E-state index in [0.29, 0.717) is 0 Å². The molecule has 0 atom stereocenters. The predicted molar refractivity (Wildman–Crippen MR) is 65.3 cm³/mol. The molecule has 1 N–H and O–H groups in total. The minimum Gasteiger partial charge on any atom is -0.366 e. The topological polar surface area (TPSA) is 37.8 Å². The van der Waals surface area contributed by atoms with Crippen LogP contribution >= 0.6 is 0 Å². The van der Waals surface area contributed by atoms with Crippen molar-refractivity contribution in [2.24, 2.45) is 0 Å². The summed E-state index contributed by atoms with van der Waals surface area (Å²) in [5.74, 6) is 1.66. The van der Waals surface area contributed by atoms with Crippen LogP contribution in [0.5, 0.6) is 0 Å². The van der Waals surface area contributed by atoms with Gasteiger partial charge in [0.2, 0.25) is 0 Å². The van der Waals surface area contributed by atoms with Crippen LogP contribution in [0.2, 0.25) is 0 Å². The summed E-state index contributed by atoms with van der Waals surface area (Å²) in [4.78, 5) is 8.36. The highest BCUT2D eigenvalue weighted by atomic mass is 15.0. The van der Waals surface area contributed by atoms with Gasteiger partial charge in [-0.2, -0.15) is 0 Å².